The first kappa shape index (κ1) is 12.4. The Morgan fingerprint density at radius 1 is 1.30 bits per heavy atom. The van der Waals surface area contributed by atoms with Crippen molar-refractivity contribution in [2.24, 2.45) is 0 Å². The Hall–Kier alpha value is -2.67. The lowest BCUT2D eigenvalue weighted by molar-refractivity contribution is -0.111. The third-order valence-corrected chi connectivity index (χ3v) is 3.30. The number of nitrogens with one attached hydrogen (secondary N) is 1. The summed E-state index contributed by atoms with van der Waals surface area (Å²) in [7, 11) is 0. The summed E-state index contributed by atoms with van der Waals surface area (Å²) in [6.07, 6.45) is 4.45. The highest BCUT2D eigenvalue weighted by Gasteiger charge is 2.14. The highest BCUT2D eigenvalue weighted by molar-refractivity contribution is 7.13. The molecule has 0 atom stereocenters. The molecule has 1 N–H and O–H groups in total. The van der Waals surface area contributed by atoms with Crippen LogP contribution in [0.15, 0.2) is 51.0 Å². The average Bonchev–Trinajstić information content (AvgIpc) is 3.18. The standard InChI is InChI=1S/C13H9N3O3S/c17-11(6-5-9-3-1-7-18-9)14-13-12(15-19-16-13)10-4-2-8-20-10/h1-8H,(H,14,16,17)/b6-5+. The van der Waals surface area contributed by atoms with Crippen molar-refractivity contribution in [3.63, 3.8) is 0 Å². The maximum Gasteiger partial charge on any atom is 0.249 e. The molecule has 0 saturated heterocycles. The van der Waals surface area contributed by atoms with Gasteiger partial charge in [-0.25, -0.2) is 4.63 Å². The minimum Gasteiger partial charge on any atom is -0.465 e. The van der Waals surface area contributed by atoms with Gasteiger partial charge in [0.2, 0.25) is 11.7 Å². The summed E-state index contributed by atoms with van der Waals surface area (Å²) in [5.74, 6) is 0.549. The maximum absolute atomic E-state index is 11.8. The van der Waals surface area contributed by atoms with Crippen LogP contribution in [0, 0.1) is 0 Å². The van der Waals surface area contributed by atoms with Crippen molar-refractivity contribution in [3.05, 3.63) is 47.7 Å². The van der Waals surface area contributed by atoms with Crippen LogP contribution in [0.25, 0.3) is 16.6 Å². The van der Waals surface area contributed by atoms with Crippen molar-refractivity contribution < 1.29 is 13.8 Å². The minimum absolute atomic E-state index is 0.293. The van der Waals surface area contributed by atoms with Crippen molar-refractivity contribution in [1.29, 1.82) is 0 Å². The van der Waals surface area contributed by atoms with E-state index in [0.29, 0.717) is 17.3 Å². The molecule has 0 aliphatic rings. The van der Waals surface area contributed by atoms with Crippen LogP contribution in [0.3, 0.4) is 0 Å². The van der Waals surface area contributed by atoms with Gasteiger partial charge in [0.05, 0.1) is 11.1 Å². The number of rotatable bonds is 4. The molecule has 1 amide bonds. The predicted octanol–water partition coefficient (Wildman–Crippen LogP) is 3.04. The molecule has 0 saturated carbocycles. The molecule has 0 bridgehead atoms. The fraction of sp³-hybridized carbons (Fsp3) is 0. The molecular weight excluding hydrogens is 278 g/mol. The van der Waals surface area contributed by atoms with Gasteiger partial charge in [-0.3, -0.25) is 4.79 Å². The Labute approximate surface area is 117 Å². The number of carbonyl (C=O) groups is 1. The van der Waals surface area contributed by atoms with Gasteiger partial charge in [-0.05, 0) is 40.0 Å². The molecule has 3 aromatic heterocycles. The van der Waals surface area contributed by atoms with Gasteiger partial charge in [-0.1, -0.05) is 6.07 Å². The summed E-state index contributed by atoms with van der Waals surface area (Å²) in [6, 6.07) is 7.25. The quantitative estimate of drug-likeness (QED) is 0.746. The van der Waals surface area contributed by atoms with E-state index in [-0.39, 0.29) is 5.91 Å². The molecule has 3 rings (SSSR count). The lowest BCUT2D eigenvalue weighted by atomic mass is 10.3. The number of anilines is 1. The van der Waals surface area contributed by atoms with Crippen LogP contribution in [0.4, 0.5) is 5.82 Å². The zero-order valence-corrected chi connectivity index (χ0v) is 11.0. The van der Waals surface area contributed by atoms with E-state index in [1.165, 1.54) is 23.7 Å². The van der Waals surface area contributed by atoms with Crippen LogP contribution in [-0.2, 0) is 4.79 Å². The average molecular weight is 287 g/mol. The summed E-state index contributed by atoms with van der Waals surface area (Å²) >= 11 is 1.49. The Morgan fingerprint density at radius 3 is 3.00 bits per heavy atom. The van der Waals surface area contributed by atoms with Crippen LogP contribution in [0.1, 0.15) is 5.76 Å². The van der Waals surface area contributed by atoms with Gasteiger partial charge in [0.25, 0.3) is 0 Å². The van der Waals surface area contributed by atoms with Gasteiger partial charge in [0, 0.05) is 6.08 Å². The second kappa shape index (κ2) is 5.54. The fourth-order valence-corrected chi connectivity index (χ4v) is 2.25. The molecule has 0 aliphatic heterocycles. The summed E-state index contributed by atoms with van der Waals surface area (Å²) in [5.41, 5.74) is 0.514. The van der Waals surface area contributed by atoms with Crippen LogP contribution < -0.4 is 5.32 Å². The summed E-state index contributed by atoms with van der Waals surface area (Å²) in [5, 5.41) is 12.0. The van der Waals surface area contributed by atoms with E-state index in [2.05, 4.69) is 20.3 Å². The van der Waals surface area contributed by atoms with Crippen LogP contribution >= 0.6 is 11.3 Å². The van der Waals surface area contributed by atoms with Gasteiger partial charge < -0.3 is 9.73 Å². The molecule has 0 unspecified atom stereocenters. The topological polar surface area (TPSA) is 81.2 Å². The van der Waals surface area contributed by atoms with E-state index in [1.54, 1.807) is 18.2 Å². The second-order valence-electron chi connectivity index (χ2n) is 3.78. The van der Waals surface area contributed by atoms with E-state index in [0.717, 1.165) is 4.88 Å². The molecule has 3 heterocycles. The largest absolute Gasteiger partial charge is 0.465 e. The number of aromatic nitrogens is 2. The molecule has 20 heavy (non-hydrogen) atoms. The Kier molecular flexibility index (Phi) is 3.42. The normalized spacial score (nSPS) is 11.0. The monoisotopic (exact) mass is 287 g/mol. The Morgan fingerprint density at radius 2 is 2.25 bits per heavy atom. The third kappa shape index (κ3) is 2.67. The van der Waals surface area contributed by atoms with E-state index in [4.69, 9.17) is 4.42 Å². The molecule has 7 heteroatoms. The van der Waals surface area contributed by atoms with Gasteiger partial charge in [0.15, 0.2) is 5.69 Å². The molecule has 0 spiro atoms. The first-order chi connectivity index (χ1) is 9.83. The number of thiophene rings is 1. The van der Waals surface area contributed by atoms with E-state index >= 15 is 0 Å². The summed E-state index contributed by atoms with van der Waals surface area (Å²) in [4.78, 5) is 12.7. The maximum atomic E-state index is 11.8. The van der Waals surface area contributed by atoms with Gasteiger partial charge in [-0.2, -0.15) is 0 Å². The lowest BCUT2D eigenvalue weighted by Gasteiger charge is -1.97. The fourth-order valence-electron chi connectivity index (χ4n) is 1.55. The summed E-state index contributed by atoms with van der Waals surface area (Å²) in [6.45, 7) is 0. The predicted molar refractivity (Wildman–Crippen MR) is 74.0 cm³/mol. The van der Waals surface area contributed by atoms with E-state index < -0.39 is 0 Å². The van der Waals surface area contributed by atoms with Gasteiger partial charge in [-0.15, -0.1) is 11.3 Å². The molecule has 0 radical (unpaired) electrons. The lowest BCUT2D eigenvalue weighted by Crippen LogP contribution is -2.08. The highest BCUT2D eigenvalue weighted by atomic mass is 32.1. The molecule has 100 valence electrons. The Balaban J connectivity index is 1.72. The van der Waals surface area contributed by atoms with Crippen molar-refractivity contribution in [2.75, 3.05) is 5.32 Å². The van der Waals surface area contributed by atoms with Crippen molar-refractivity contribution in [3.8, 4) is 10.6 Å². The second-order valence-corrected chi connectivity index (χ2v) is 4.72. The molecule has 0 aliphatic carbocycles. The highest BCUT2D eigenvalue weighted by Crippen LogP contribution is 2.28. The van der Waals surface area contributed by atoms with E-state index in [1.807, 2.05) is 17.5 Å². The third-order valence-electron chi connectivity index (χ3n) is 2.43. The number of carbonyl (C=O) groups excluding carboxylic acids is 1. The summed E-state index contributed by atoms with van der Waals surface area (Å²) < 4.78 is 9.76. The van der Waals surface area contributed by atoms with Crippen LogP contribution in [0.2, 0.25) is 0 Å². The van der Waals surface area contributed by atoms with Crippen LogP contribution in [0.5, 0.6) is 0 Å². The number of nitrogens with zero attached hydrogens (tertiary/aromatic N) is 2. The zero-order chi connectivity index (χ0) is 13.8. The SMILES string of the molecule is O=C(/C=C/c1ccco1)Nc1nonc1-c1cccs1. The van der Waals surface area contributed by atoms with Crippen molar-refractivity contribution in [2.45, 2.75) is 0 Å². The smallest absolute Gasteiger partial charge is 0.249 e. The Bertz CT molecular complexity index is 714. The molecule has 0 aromatic carbocycles. The number of furan rings is 1. The molecule has 3 aromatic rings. The molecular formula is C13H9N3O3S. The number of hydrogen-bond donors (Lipinski definition) is 1. The molecule has 0 fully saturated rings. The van der Waals surface area contributed by atoms with Gasteiger partial charge >= 0.3 is 0 Å². The minimum atomic E-state index is -0.338. The number of hydrogen-bond acceptors (Lipinski definition) is 6. The molecule has 6 nitrogen and oxygen atoms in total. The van der Waals surface area contributed by atoms with Crippen LogP contribution in [-0.4, -0.2) is 16.2 Å². The van der Waals surface area contributed by atoms with Crippen molar-refractivity contribution >= 4 is 29.1 Å². The zero-order valence-electron chi connectivity index (χ0n) is 10.1. The first-order valence-electron chi connectivity index (χ1n) is 5.72. The number of amides is 1. The van der Waals surface area contributed by atoms with E-state index in [9.17, 15) is 4.79 Å². The van der Waals surface area contributed by atoms with Gasteiger partial charge in [0.1, 0.15) is 5.76 Å². The first-order valence-corrected chi connectivity index (χ1v) is 6.60. The van der Waals surface area contributed by atoms with Crippen molar-refractivity contribution in [1.82, 2.24) is 10.3 Å².